The van der Waals surface area contributed by atoms with Gasteiger partial charge in [0.2, 0.25) is 0 Å². The van der Waals surface area contributed by atoms with E-state index in [9.17, 15) is 0 Å². The van der Waals surface area contributed by atoms with Crippen LogP contribution in [0.15, 0.2) is 30.3 Å². The van der Waals surface area contributed by atoms with Crippen molar-refractivity contribution in [2.24, 2.45) is 0 Å². The first-order valence-corrected chi connectivity index (χ1v) is 8.49. The Morgan fingerprint density at radius 2 is 1.71 bits per heavy atom. The molecule has 1 unspecified atom stereocenters. The van der Waals surface area contributed by atoms with Crippen molar-refractivity contribution in [3.05, 3.63) is 56.8 Å². The van der Waals surface area contributed by atoms with Crippen molar-refractivity contribution in [1.29, 1.82) is 0 Å². The Hall–Kier alpha value is -1.12. The first-order chi connectivity index (χ1) is 9.77. The van der Waals surface area contributed by atoms with Gasteiger partial charge < -0.3 is 5.32 Å². The van der Waals surface area contributed by atoms with E-state index in [2.05, 4.69) is 77.2 Å². The molecule has 1 heterocycles. The Morgan fingerprint density at radius 1 is 1.10 bits per heavy atom. The molecule has 2 rings (SSSR count). The fourth-order valence-electron chi connectivity index (χ4n) is 2.58. The predicted molar refractivity (Wildman–Crippen MR) is 94.2 cm³/mol. The third kappa shape index (κ3) is 4.18. The predicted octanol–water partition coefficient (Wildman–Crippen LogP) is 5.51. The number of benzene rings is 1. The van der Waals surface area contributed by atoms with Gasteiger partial charge in [-0.3, -0.25) is 0 Å². The van der Waals surface area contributed by atoms with Crippen LogP contribution in [-0.4, -0.2) is 0 Å². The summed E-state index contributed by atoms with van der Waals surface area (Å²) in [5.41, 5.74) is 4.40. The number of hydrogen-bond donors (Lipinski definition) is 1. The zero-order chi connectivity index (χ0) is 15.6. The minimum absolute atomic E-state index is 0.227. The van der Waals surface area contributed by atoms with E-state index in [1.165, 1.54) is 26.4 Å². The van der Waals surface area contributed by atoms with Crippen molar-refractivity contribution in [3.8, 4) is 0 Å². The molecular formula is C19H27NS. The largest absolute Gasteiger partial charge is 0.306 e. The Kier molecular flexibility index (Phi) is 4.90. The maximum Gasteiger partial charge on any atom is 0.0305 e. The van der Waals surface area contributed by atoms with Crippen LogP contribution in [0.5, 0.6) is 0 Å². The highest BCUT2D eigenvalue weighted by atomic mass is 32.1. The van der Waals surface area contributed by atoms with E-state index in [0.717, 1.165) is 6.54 Å². The van der Waals surface area contributed by atoms with Crippen LogP contribution in [0.3, 0.4) is 0 Å². The summed E-state index contributed by atoms with van der Waals surface area (Å²) in [6.07, 6.45) is 0. The summed E-state index contributed by atoms with van der Waals surface area (Å²) in [5.74, 6) is 0. The molecule has 0 aliphatic carbocycles. The van der Waals surface area contributed by atoms with Gasteiger partial charge in [-0.05, 0) is 48.9 Å². The lowest BCUT2D eigenvalue weighted by Gasteiger charge is -2.19. The molecule has 1 N–H and O–H groups in total. The summed E-state index contributed by atoms with van der Waals surface area (Å²) in [5, 5.41) is 3.63. The normalized spacial score (nSPS) is 13.4. The molecule has 2 heteroatoms. The van der Waals surface area contributed by atoms with E-state index in [1.54, 1.807) is 0 Å². The molecule has 0 aliphatic rings. The summed E-state index contributed by atoms with van der Waals surface area (Å²) in [6, 6.07) is 11.7. The average Bonchev–Trinajstić information content (AvgIpc) is 2.74. The Bertz CT molecular complexity index is 587. The summed E-state index contributed by atoms with van der Waals surface area (Å²) >= 11 is 1.88. The lowest BCUT2D eigenvalue weighted by molar-refractivity contribution is 0.571. The minimum atomic E-state index is 0.227. The SMILES string of the molecule is Cc1cc(C(C)NCc2ccc(C(C)(C)C)cc2)c(C)s1. The molecule has 0 radical (unpaired) electrons. The minimum Gasteiger partial charge on any atom is -0.306 e. The molecule has 0 fully saturated rings. The van der Waals surface area contributed by atoms with E-state index in [4.69, 9.17) is 0 Å². The van der Waals surface area contributed by atoms with Crippen LogP contribution in [0.25, 0.3) is 0 Å². The zero-order valence-electron chi connectivity index (χ0n) is 14.1. The smallest absolute Gasteiger partial charge is 0.0305 e. The van der Waals surface area contributed by atoms with Crippen molar-refractivity contribution >= 4 is 11.3 Å². The van der Waals surface area contributed by atoms with Crippen molar-refractivity contribution in [3.63, 3.8) is 0 Å². The fourth-order valence-corrected chi connectivity index (χ4v) is 3.61. The Morgan fingerprint density at radius 3 is 2.19 bits per heavy atom. The summed E-state index contributed by atoms with van der Waals surface area (Å²) in [6.45, 7) is 14.3. The molecule has 1 atom stereocenters. The average molecular weight is 301 g/mol. The zero-order valence-corrected chi connectivity index (χ0v) is 14.9. The third-order valence-electron chi connectivity index (χ3n) is 3.98. The van der Waals surface area contributed by atoms with Crippen LogP contribution >= 0.6 is 11.3 Å². The molecule has 0 saturated heterocycles. The topological polar surface area (TPSA) is 12.0 Å². The highest BCUT2D eigenvalue weighted by Gasteiger charge is 2.13. The standard InChI is InChI=1S/C19H27NS/c1-13-11-18(15(3)21-13)14(2)20-12-16-7-9-17(10-8-16)19(4,5)6/h7-11,14,20H,12H2,1-6H3. The van der Waals surface area contributed by atoms with Crippen LogP contribution < -0.4 is 5.32 Å². The van der Waals surface area contributed by atoms with Gasteiger partial charge in [-0.25, -0.2) is 0 Å². The maximum absolute atomic E-state index is 3.63. The lowest BCUT2D eigenvalue weighted by Crippen LogP contribution is -2.18. The third-order valence-corrected chi connectivity index (χ3v) is 4.96. The Labute approximate surface area is 133 Å². The molecule has 0 spiro atoms. The van der Waals surface area contributed by atoms with Gasteiger partial charge in [0.05, 0.1) is 0 Å². The second kappa shape index (κ2) is 6.33. The molecule has 2 aromatic rings. The molecule has 1 aromatic carbocycles. The molecule has 0 aliphatic heterocycles. The molecule has 1 nitrogen and oxygen atoms in total. The van der Waals surface area contributed by atoms with Crippen molar-refractivity contribution < 1.29 is 0 Å². The quantitative estimate of drug-likeness (QED) is 0.784. The molecule has 114 valence electrons. The van der Waals surface area contributed by atoms with Crippen LogP contribution in [0.1, 0.15) is 60.2 Å². The monoisotopic (exact) mass is 301 g/mol. The number of thiophene rings is 1. The maximum atomic E-state index is 3.63. The van der Waals surface area contributed by atoms with Gasteiger partial charge in [0, 0.05) is 22.3 Å². The first kappa shape index (κ1) is 16.3. The van der Waals surface area contributed by atoms with Crippen molar-refractivity contribution in [1.82, 2.24) is 5.32 Å². The van der Waals surface area contributed by atoms with E-state index in [-0.39, 0.29) is 5.41 Å². The van der Waals surface area contributed by atoms with Gasteiger partial charge >= 0.3 is 0 Å². The molecule has 0 bridgehead atoms. The van der Waals surface area contributed by atoms with E-state index >= 15 is 0 Å². The first-order valence-electron chi connectivity index (χ1n) is 7.67. The summed E-state index contributed by atoms with van der Waals surface area (Å²) < 4.78 is 0. The molecule has 21 heavy (non-hydrogen) atoms. The van der Waals surface area contributed by atoms with E-state index in [1.807, 2.05) is 11.3 Å². The second-order valence-corrected chi connectivity index (χ2v) is 8.38. The summed E-state index contributed by atoms with van der Waals surface area (Å²) in [4.78, 5) is 2.82. The molecule has 0 amide bonds. The molecule has 0 saturated carbocycles. The molecule has 1 aromatic heterocycles. The van der Waals surface area contributed by atoms with Gasteiger partial charge in [-0.2, -0.15) is 0 Å². The van der Waals surface area contributed by atoms with Crippen LogP contribution in [-0.2, 0) is 12.0 Å². The number of nitrogens with one attached hydrogen (secondary N) is 1. The molecular weight excluding hydrogens is 274 g/mol. The fraction of sp³-hybridized carbons (Fsp3) is 0.474. The number of hydrogen-bond acceptors (Lipinski definition) is 2. The second-order valence-electron chi connectivity index (χ2n) is 6.92. The van der Waals surface area contributed by atoms with Crippen molar-refractivity contribution in [2.45, 2.75) is 59.5 Å². The van der Waals surface area contributed by atoms with Crippen LogP contribution in [0, 0.1) is 13.8 Å². The van der Waals surface area contributed by atoms with Crippen LogP contribution in [0.2, 0.25) is 0 Å². The van der Waals surface area contributed by atoms with Crippen molar-refractivity contribution in [2.75, 3.05) is 0 Å². The lowest BCUT2D eigenvalue weighted by atomic mass is 9.87. The highest BCUT2D eigenvalue weighted by Crippen LogP contribution is 2.26. The van der Waals surface area contributed by atoms with Gasteiger partial charge in [0.1, 0.15) is 0 Å². The number of rotatable bonds is 4. The van der Waals surface area contributed by atoms with Gasteiger partial charge in [0.25, 0.3) is 0 Å². The van der Waals surface area contributed by atoms with E-state index < -0.39 is 0 Å². The van der Waals surface area contributed by atoms with E-state index in [0.29, 0.717) is 6.04 Å². The highest BCUT2D eigenvalue weighted by molar-refractivity contribution is 7.12. The van der Waals surface area contributed by atoms with Gasteiger partial charge in [-0.15, -0.1) is 11.3 Å². The van der Waals surface area contributed by atoms with Gasteiger partial charge in [0.15, 0.2) is 0 Å². The van der Waals surface area contributed by atoms with Gasteiger partial charge in [-0.1, -0.05) is 45.0 Å². The summed E-state index contributed by atoms with van der Waals surface area (Å²) in [7, 11) is 0. The number of aryl methyl sites for hydroxylation is 2. The Balaban J connectivity index is 1.98. The van der Waals surface area contributed by atoms with Crippen LogP contribution in [0.4, 0.5) is 0 Å².